The summed E-state index contributed by atoms with van der Waals surface area (Å²) in [5.41, 5.74) is 1.36. The summed E-state index contributed by atoms with van der Waals surface area (Å²) >= 11 is 3.41. The van der Waals surface area contributed by atoms with Gasteiger partial charge in [-0.15, -0.1) is 0 Å². The molecule has 20 heavy (non-hydrogen) atoms. The van der Waals surface area contributed by atoms with Crippen molar-refractivity contribution >= 4 is 15.9 Å². The Morgan fingerprint density at radius 3 is 2.45 bits per heavy atom. The van der Waals surface area contributed by atoms with Gasteiger partial charge in [-0.3, -0.25) is 0 Å². The van der Waals surface area contributed by atoms with Gasteiger partial charge in [0.05, 0.1) is 0 Å². The molecule has 0 saturated heterocycles. The first-order chi connectivity index (χ1) is 9.74. The Morgan fingerprint density at radius 1 is 1.05 bits per heavy atom. The van der Waals surface area contributed by atoms with Crippen LogP contribution >= 0.6 is 15.9 Å². The second kappa shape index (κ2) is 8.08. The van der Waals surface area contributed by atoms with Crippen molar-refractivity contribution in [3.63, 3.8) is 0 Å². The van der Waals surface area contributed by atoms with Gasteiger partial charge in [-0.25, -0.2) is 0 Å². The number of rotatable bonds is 7. The zero-order valence-corrected chi connectivity index (χ0v) is 13.3. The first-order valence-electron chi connectivity index (χ1n) is 6.90. The maximum absolute atomic E-state index is 5.68. The lowest BCUT2D eigenvalue weighted by molar-refractivity contribution is 0.306. The van der Waals surface area contributed by atoms with E-state index in [-0.39, 0.29) is 0 Å². The summed E-state index contributed by atoms with van der Waals surface area (Å²) in [6, 6.07) is 18.9. The lowest BCUT2D eigenvalue weighted by Crippen LogP contribution is -2.31. The van der Waals surface area contributed by atoms with E-state index in [1.165, 1.54) is 5.56 Å². The molecule has 2 nitrogen and oxygen atoms in total. The number of halogens is 1. The second-order valence-electron chi connectivity index (χ2n) is 4.85. The lowest BCUT2D eigenvalue weighted by atomic mass is 10.1. The van der Waals surface area contributed by atoms with Gasteiger partial charge in [0.15, 0.2) is 0 Å². The van der Waals surface area contributed by atoms with E-state index in [2.05, 4.69) is 52.4 Å². The van der Waals surface area contributed by atoms with Crippen molar-refractivity contribution < 1.29 is 4.74 Å². The summed E-state index contributed by atoms with van der Waals surface area (Å²) < 4.78 is 6.75. The summed E-state index contributed by atoms with van der Waals surface area (Å²) in [5.74, 6) is 0.908. The van der Waals surface area contributed by atoms with Crippen LogP contribution in [0.5, 0.6) is 5.75 Å². The minimum Gasteiger partial charge on any atom is -0.492 e. The molecule has 1 atom stereocenters. The van der Waals surface area contributed by atoms with Crippen molar-refractivity contribution in [2.24, 2.45) is 0 Å². The average molecular weight is 334 g/mol. The third-order valence-corrected chi connectivity index (χ3v) is 3.59. The van der Waals surface area contributed by atoms with E-state index in [0.29, 0.717) is 12.6 Å². The summed E-state index contributed by atoms with van der Waals surface area (Å²) in [5, 5.41) is 3.48. The van der Waals surface area contributed by atoms with Crippen molar-refractivity contribution in [3.8, 4) is 5.75 Å². The quantitative estimate of drug-likeness (QED) is 0.772. The number of hydrogen-bond donors (Lipinski definition) is 1. The predicted molar refractivity (Wildman–Crippen MR) is 87.2 cm³/mol. The van der Waals surface area contributed by atoms with Crippen LogP contribution in [0.2, 0.25) is 0 Å². The largest absolute Gasteiger partial charge is 0.492 e. The van der Waals surface area contributed by atoms with Crippen molar-refractivity contribution in [2.75, 3.05) is 13.2 Å². The van der Waals surface area contributed by atoms with Gasteiger partial charge < -0.3 is 10.1 Å². The minimum atomic E-state index is 0.450. The molecule has 0 aromatic heterocycles. The van der Waals surface area contributed by atoms with Crippen molar-refractivity contribution in [1.29, 1.82) is 0 Å². The van der Waals surface area contributed by atoms with E-state index < -0.39 is 0 Å². The van der Waals surface area contributed by atoms with E-state index in [1.54, 1.807) is 0 Å². The Bertz CT molecular complexity index is 498. The van der Waals surface area contributed by atoms with Crippen molar-refractivity contribution in [1.82, 2.24) is 5.32 Å². The van der Waals surface area contributed by atoms with Crippen LogP contribution < -0.4 is 10.1 Å². The molecule has 3 heteroatoms. The number of hydrogen-bond acceptors (Lipinski definition) is 2. The summed E-state index contributed by atoms with van der Waals surface area (Å²) in [4.78, 5) is 0. The minimum absolute atomic E-state index is 0.450. The zero-order valence-electron chi connectivity index (χ0n) is 11.7. The molecule has 2 rings (SSSR count). The Hall–Kier alpha value is -1.32. The first-order valence-corrected chi connectivity index (χ1v) is 7.69. The highest BCUT2D eigenvalue weighted by Crippen LogP contribution is 2.15. The fourth-order valence-electron chi connectivity index (χ4n) is 2.04. The summed E-state index contributed by atoms with van der Waals surface area (Å²) in [7, 11) is 0. The summed E-state index contributed by atoms with van der Waals surface area (Å²) in [6.45, 7) is 3.73. The van der Waals surface area contributed by atoms with E-state index in [0.717, 1.165) is 23.2 Å². The van der Waals surface area contributed by atoms with Crippen LogP contribution in [0.15, 0.2) is 59.1 Å². The van der Waals surface area contributed by atoms with Crippen LogP contribution in [0, 0.1) is 0 Å². The summed E-state index contributed by atoms with van der Waals surface area (Å²) in [6.07, 6.45) is 1.04. The maximum Gasteiger partial charge on any atom is 0.119 e. The van der Waals surface area contributed by atoms with Gasteiger partial charge in [0.1, 0.15) is 12.4 Å². The number of benzene rings is 2. The molecule has 0 amide bonds. The van der Waals surface area contributed by atoms with Gasteiger partial charge in [-0.2, -0.15) is 0 Å². The SMILES string of the molecule is CC(Cc1ccccc1)NCCOc1ccc(Br)cc1. The molecule has 0 fully saturated rings. The molecule has 0 heterocycles. The highest BCUT2D eigenvalue weighted by molar-refractivity contribution is 9.10. The molecular formula is C17H20BrNO. The van der Waals surface area contributed by atoms with Crippen molar-refractivity contribution in [2.45, 2.75) is 19.4 Å². The molecule has 0 aliphatic rings. The van der Waals surface area contributed by atoms with Gasteiger partial charge in [0.25, 0.3) is 0 Å². The van der Waals surface area contributed by atoms with Crippen LogP contribution in [-0.4, -0.2) is 19.2 Å². The topological polar surface area (TPSA) is 21.3 Å². The molecule has 2 aromatic rings. The lowest BCUT2D eigenvalue weighted by Gasteiger charge is -2.14. The predicted octanol–water partition coefficient (Wildman–Crippen LogP) is 4.05. The molecule has 0 aliphatic carbocycles. The van der Waals surface area contributed by atoms with Crippen LogP contribution in [0.3, 0.4) is 0 Å². The smallest absolute Gasteiger partial charge is 0.119 e. The first kappa shape index (κ1) is 15.1. The highest BCUT2D eigenvalue weighted by atomic mass is 79.9. The van der Waals surface area contributed by atoms with E-state index in [9.17, 15) is 0 Å². The normalized spacial score (nSPS) is 12.1. The van der Waals surface area contributed by atoms with Gasteiger partial charge in [-0.05, 0) is 43.2 Å². The monoisotopic (exact) mass is 333 g/mol. The van der Waals surface area contributed by atoms with Crippen LogP contribution in [0.4, 0.5) is 0 Å². The molecule has 2 aromatic carbocycles. The third-order valence-electron chi connectivity index (χ3n) is 3.06. The molecular weight excluding hydrogens is 314 g/mol. The Morgan fingerprint density at radius 2 is 1.75 bits per heavy atom. The van der Waals surface area contributed by atoms with Gasteiger partial charge >= 0.3 is 0 Å². The van der Waals surface area contributed by atoms with E-state index >= 15 is 0 Å². The second-order valence-corrected chi connectivity index (χ2v) is 5.76. The maximum atomic E-state index is 5.68. The standard InChI is InChI=1S/C17H20BrNO/c1-14(13-15-5-3-2-4-6-15)19-11-12-20-17-9-7-16(18)8-10-17/h2-10,14,19H,11-13H2,1H3. The molecule has 0 bridgehead atoms. The van der Waals surface area contributed by atoms with E-state index in [1.807, 2.05) is 30.3 Å². The van der Waals surface area contributed by atoms with Gasteiger partial charge in [0, 0.05) is 17.1 Å². The number of ether oxygens (including phenoxy) is 1. The third kappa shape index (κ3) is 5.35. The Kier molecular flexibility index (Phi) is 6.09. The van der Waals surface area contributed by atoms with Gasteiger partial charge in [0.2, 0.25) is 0 Å². The molecule has 0 spiro atoms. The van der Waals surface area contributed by atoms with Gasteiger partial charge in [-0.1, -0.05) is 46.3 Å². The average Bonchev–Trinajstić information content (AvgIpc) is 2.46. The molecule has 0 aliphatic heterocycles. The number of nitrogens with one attached hydrogen (secondary N) is 1. The molecule has 1 N–H and O–H groups in total. The Balaban J connectivity index is 1.64. The fourth-order valence-corrected chi connectivity index (χ4v) is 2.31. The van der Waals surface area contributed by atoms with E-state index in [4.69, 9.17) is 4.74 Å². The molecule has 106 valence electrons. The molecule has 1 unspecified atom stereocenters. The van der Waals surface area contributed by atoms with Crippen LogP contribution in [0.1, 0.15) is 12.5 Å². The van der Waals surface area contributed by atoms with Crippen LogP contribution in [-0.2, 0) is 6.42 Å². The molecule has 0 saturated carbocycles. The molecule has 0 radical (unpaired) electrons. The van der Waals surface area contributed by atoms with Crippen molar-refractivity contribution in [3.05, 3.63) is 64.6 Å². The highest BCUT2D eigenvalue weighted by Gasteiger charge is 2.02. The fraction of sp³-hybridized carbons (Fsp3) is 0.294. The van der Waals surface area contributed by atoms with Crippen LogP contribution in [0.25, 0.3) is 0 Å². The Labute approximate surface area is 129 Å². The zero-order chi connectivity index (χ0) is 14.2.